The predicted octanol–water partition coefficient (Wildman–Crippen LogP) is 6.78. The molecule has 1 aromatic heterocycles. The molecule has 68 heavy (non-hydrogen) atoms. The molecule has 5 aliphatic rings. The molecule has 368 valence electrons. The Morgan fingerprint density at radius 3 is 2.44 bits per heavy atom. The molecule has 0 spiro atoms. The number of carbonyl (C=O) groups is 6. The standard InChI is InChI=1S/C48H60F2N5O10PS2/c1-29(2)20-41(56)67-19-18-65-66(62,52-30(3)46(61)64-28-31-8-6-5-7-9-31)48(49,50)34-10-13-39-32(21-34)22-40(68-39)42(57)51-37-23-35-24-47(35,4)25-36-11-12-38(55(36)44(37)59)45(60)54-26-33(27-54)43(58)53-14-16-63-17-15-53/h5-10,13,21-22,29-30,33,35-38H,11-12,14-20,23-28H2,1-4H3,(H,51,57)(H,52,62)/t30-,35+,36+,37?,38-,47?,66?/m0/s1. The number of benzene rings is 2. The Hall–Kier alpha value is -4.26. The van der Waals surface area contributed by atoms with Crippen LogP contribution in [0.2, 0.25) is 0 Å². The Bertz CT molecular complexity index is 2450. The number of morpholine rings is 1. The highest BCUT2D eigenvalue weighted by molar-refractivity contribution is 8.13. The van der Waals surface area contributed by atoms with Gasteiger partial charge in [0, 0.05) is 54.7 Å². The zero-order valence-corrected chi connectivity index (χ0v) is 41.3. The number of esters is 1. The molecule has 0 radical (unpaired) electrons. The van der Waals surface area contributed by atoms with Crippen LogP contribution in [0.5, 0.6) is 0 Å². The highest BCUT2D eigenvalue weighted by Gasteiger charge is 2.59. The molecule has 8 rings (SSSR count). The second kappa shape index (κ2) is 20.6. The molecule has 0 bridgehead atoms. The van der Waals surface area contributed by atoms with Crippen LogP contribution in [-0.4, -0.2) is 125 Å². The molecule has 1 aliphatic carbocycles. The van der Waals surface area contributed by atoms with Crippen LogP contribution < -0.4 is 10.4 Å². The van der Waals surface area contributed by atoms with Crippen LogP contribution in [0.1, 0.15) is 87.0 Å². The summed E-state index contributed by atoms with van der Waals surface area (Å²) in [6, 6.07) is 10.5. The molecule has 4 amide bonds. The van der Waals surface area contributed by atoms with Gasteiger partial charge in [0.2, 0.25) is 17.7 Å². The molecule has 15 nitrogen and oxygen atoms in total. The number of hydrogen-bond acceptors (Lipinski definition) is 12. The molecule has 2 N–H and O–H groups in total. The van der Waals surface area contributed by atoms with Crippen molar-refractivity contribution in [2.45, 2.75) is 103 Å². The number of nitrogens with one attached hydrogen (secondary N) is 2. The molecule has 1 saturated carbocycles. The van der Waals surface area contributed by atoms with Crippen molar-refractivity contribution >= 4 is 75.4 Å². The van der Waals surface area contributed by atoms with E-state index in [1.165, 1.54) is 19.1 Å². The van der Waals surface area contributed by atoms with Gasteiger partial charge < -0.3 is 34.0 Å². The average Bonchev–Trinajstić information content (AvgIpc) is 3.56. The number of rotatable bonds is 17. The quantitative estimate of drug-likeness (QED) is 0.0824. The van der Waals surface area contributed by atoms with Crippen LogP contribution in [-0.2, 0) is 54.8 Å². The predicted molar refractivity (Wildman–Crippen MR) is 253 cm³/mol. The molecule has 5 heterocycles. The van der Waals surface area contributed by atoms with Crippen molar-refractivity contribution in [1.82, 2.24) is 25.1 Å². The number of fused-ring (bicyclic) bond motifs is 3. The monoisotopic (exact) mass is 999 g/mol. The molecule has 5 fully saturated rings. The van der Waals surface area contributed by atoms with E-state index in [0.29, 0.717) is 68.9 Å². The minimum absolute atomic E-state index is 0.0115. The second-order valence-electron chi connectivity index (χ2n) is 19.4. The third-order valence-corrected chi connectivity index (χ3v) is 18.1. The zero-order chi connectivity index (χ0) is 48.5. The van der Waals surface area contributed by atoms with E-state index < -0.39 is 55.4 Å². The zero-order valence-electron chi connectivity index (χ0n) is 38.8. The van der Waals surface area contributed by atoms with E-state index in [2.05, 4.69) is 17.3 Å². The number of thioether (sulfide) groups is 1. The SMILES string of the molecule is CC(C)CC(=O)SCCOP(=O)(N[C@@H](C)C(=O)OCc1ccccc1)C(F)(F)c1ccc2sc(C(=O)NC3C[C@@H]4CC4(C)C[C@H]4CC[C@@H](C(=O)N5CC(C(=O)N6CCOCC6)C5)N4C3=O)cc2c1. The first-order valence-electron chi connectivity index (χ1n) is 23.4. The fraction of sp³-hybridized carbons (Fsp3) is 0.583. The van der Waals surface area contributed by atoms with Crippen LogP contribution in [0.3, 0.4) is 0 Å². The Morgan fingerprint density at radius 1 is 0.985 bits per heavy atom. The van der Waals surface area contributed by atoms with Crippen LogP contribution in [0.4, 0.5) is 8.78 Å². The molecule has 4 saturated heterocycles. The maximum atomic E-state index is 16.8. The number of hydrogen-bond donors (Lipinski definition) is 2. The molecular weight excluding hydrogens is 940 g/mol. The van der Waals surface area contributed by atoms with Gasteiger partial charge in [-0.05, 0) is 85.4 Å². The van der Waals surface area contributed by atoms with Gasteiger partial charge in [0.1, 0.15) is 24.7 Å². The summed E-state index contributed by atoms with van der Waals surface area (Å²) in [5.41, 5.74) is -4.28. The summed E-state index contributed by atoms with van der Waals surface area (Å²) in [6.45, 7) is 9.16. The Kier molecular flexibility index (Phi) is 15.2. The van der Waals surface area contributed by atoms with E-state index >= 15 is 8.78 Å². The van der Waals surface area contributed by atoms with Gasteiger partial charge in [-0.2, -0.15) is 8.78 Å². The van der Waals surface area contributed by atoms with Crippen LogP contribution in [0.25, 0.3) is 10.1 Å². The van der Waals surface area contributed by atoms with Gasteiger partial charge in [0.05, 0.1) is 30.6 Å². The lowest BCUT2D eigenvalue weighted by atomic mass is 9.90. The summed E-state index contributed by atoms with van der Waals surface area (Å²) in [4.78, 5) is 86.3. The largest absolute Gasteiger partial charge is 0.460 e. The lowest BCUT2D eigenvalue weighted by molar-refractivity contribution is -0.157. The normalized spacial score (nSPS) is 25.4. The average molecular weight is 1000 g/mol. The maximum absolute atomic E-state index is 16.8. The van der Waals surface area contributed by atoms with E-state index in [-0.39, 0.29) is 81.1 Å². The van der Waals surface area contributed by atoms with Gasteiger partial charge in [-0.1, -0.05) is 68.9 Å². The van der Waals surface area contributed by atoms with Gasteiger partial charge in [-0.15, -0.1) is 11.3 Å². The minimum Gasteiger partial charge on any atom is -0.460 e. The lowest BCUT2D eigenvalue weighted by Crippen LogP contribution is -2.62. The highest BCUT2D eigenvalue weighted by atomic mass is 32.2. The summed E-state index contributed by atoms with van der Waals surface area (Å²) < 4.78 is 64.7. The van der Waals surface area contributed by atoms with Crippen LogP contribution in [0.15, 0.2) is 54.6 Å². The van der Waals surface area contributed by atoms with Crippen molar-refractivity contribution in [1.29, 1.82) is 0 Å². The Labute approximate surface area is 403 Å². The van der Waals surface area contributed by atoms with E-state index in [4.69, 9.17) is 14.0 Å². The number of alkyl halides is 2. The fourth-order valence-corrected chi connectivity index (χ4v) is 13.6. The van der Waals surface area contributed by atoms with Crippen molar-refractivity contribution in [3.8, 4) is 0 Å². The molecule has 4 aliphatic heterocycles. The lowest BCUT2D eigenvalue weighted by Gasteiger charge is -2.44. The van der Waals surface area contributed by atoms with Gasteiger partial charge >= 0.3 is 19.2 Å². The molecule has 3 unspecified atom stereocenters. The van der Waals surface area contributed by atoms with Crippen LogP contribution in [0, 0.1) is 23.2 Å². The number of halogens is 2. The second-order valence-corrected chi connectivity index (χ2v) is 23.9. The first kappa shape index (κ1) is 50.1. The Morgan fingerprint density at radius 2 is 1.72 bits per heavy atom. The molecule has 7 atom stereocenters. The molecular formula is C48H60F2N5O10PS2. The molecule has 3 aromatic rings. The van der Waals surface area contributed by atoms with Crippen molar-refractivity contribution in [3.05, 3.63) is 70.6 Å². The topological polar surface area (TPSA) is 181 Å². The van der Waals surface area contributed by atoms with E-state index in [9.17, 15) is 33.3 Å². The van der Waals surface area contributed by atoms with Gasteiger partial charge in [0.25, 0.3) is 5.91 Å². The smallest absolute Gasteiger partial charge is 0.360 e. The number of nitrogens with zero attached hydrogens (tertiary/aromatic N) is 3. The van der Waals surface area contributed by atoms with Gasteiger partial charge in [-0.3, -0.25) is 33.3 Å². The summed E-state index contributed by atoms with van der Waals surface area (Å²) >= 11 is 1.92. The molecule has 2 aromatic carbocycles. The number of ether oxygens (including phenoxy) is 2. The fourth-order valence-electron chi connectivity index (χ4n) is 9.89. The number of carbonyl (C=O) groups excluding carboxylic acids is 6. The Balaban J connectivity index is 0.961. The van der Waals surface area contributed by atoms with Gasteiger partial charge in [0.15, 0.2) is 5.12 Å². The van der Waals surface area contributed by atoms with Crippen molar-refractivity contribution in [2.75, 3.05) is 51.8 Å². The number of thiophene rings is 1. The maximum Gasteiger partial charge on any atom is 0.360 e. The van der Waals surface area contributed by atoms with Crippen LogP contribution >= 0.6 is 30.6 Å². The van der Waals surface area contributed by atoms with E-state index in [1.807, 2.05) is 13.8 Å². The first-order valence-corrected chi connectivity index (χ1v) is 26.9. The van der Waals surface area contributed by atoms with Crippen molar-refractivity contribution in [2.24, 2.45) is 23.2 Å². The number of likely N-dealkylation sites (tertiary alicyclic amines) is 1. The third kappa shape index (κ3) is 10.9. The summed E-state index contributed by atoms with van der Waals surface area (Å²) in [6.07, 6.45) is 3.44. The van der Waals surface area contributed by atoms with E-state index in [1.54, 1.807) is 45.0 Å². The van der Waals surface area contributed by atoms with Crippen molar-refractivity contribution in [3.63, 3.8) is 0 Å². The van der Waals surface area contributed by atoms with Crippen molar-refractivity contribution < 1.29 is 56.1 Å². The summed E-state index contributed by atoms with van der Waals surface area (Å²) in [5, 5.41) is 5.29. The molecule has 20 heteroatoms. The van der Waals surface area contributed by atoms with Gasteiger partial charge in [-0.25, -0.2) is 5.09 Å². The third-order valence-electron chi connectivity index (χ3n) is 13.9. The minimum atomic E-state index is -5.29. The van der Waals surface area contributed by atoms with E-state index in [0.717, 1.165) is 48.1 Å². The first-order chi connectivity index (χ1) is 32.4. The summed E-state index contributed by atoms with van der Waals surface area (Å²) in [7, 11) is -5.29. The summed E-state index contributed by atoms with van der Waals surface area (Å²) in [5.74, 6) is -2.09. The number of amides is 4. The highest BCUT2D eigenvalue weighted by Crippen LogP contribution is 2.64.